The van der Waals surface area contributed by atoms with Crippen molar-refractivity contribution in [1.29, 1.82) is 0 Å². The number of amides is 1. The molecule has 7 nitrogen and oxygen atoms in total. The Morgan fingerprint density at radius 2 is 1.88 bits per heavy atom. The Hall–Kier alpha value is -4.17. The number of thiazole rings is 1. The van der Waals surface area contributed by atoms with Crippen LogP contribution >= 0.6 is 11.3 Å². The van der Waals surface area contributed by atoms with Crippen LogP contribution < -0.4 is 14.4 Å². The number of aryl methyl sites for hydroxylation is 2. The van der Waals surface area contributed by atoms with Crippen molar-refractivity contribution in [2.75, 3.05) is 11.5 Å². The SMILES string of the molecule is CCCCCOc1ccc(C2C(=C(O)c3ccc4c(c3)CC(C)O4)C(=O)C(=O)N2c2nc3c(C)cc(C)cc3s2)cc1. The summed E-state index contributed by atoms with van der Waals surface area (Å²) in [6.07, 6.45) is 3.93. The fourth-order valence-corrected chi connectivity index (χ4v) is 6.99. The van der Waals surface area contributed by atoms with Gasteiger partial charge in [-0.3, -0.25) is 14.5 Å². The van der Waals surface area contributed by atoms with Gasteiger partial charge in [-0.15, -0.1) is 0 Å². The van der Waals surface area contributed by atoms with E-state index in [1.807, 2.05) is 63.2 Å². The van der Waals surface area contributed by atoms with Crippen molar-refractivity contribution in [2.24, 2.45) is 0 Å². The molecule has 1 saturated heterocycles. The number of aliphatic hydroxyl groups excluding tert-OH is 1. The highest BCUT2D eigenvalue weighted by molar-refractivity contribution is 7.22. The number of carbonyl (C=O) groups excluding carboxylic acids is 2. The van der Waals surface area contributed by atoms with Crippen LogP contribution in [0.25, 0.3) is 16.0 Å². The second-order valence-corrected chi connectivity index (χ2v) is 12.2. The quantitative estimate of drug-likeness (QED) is 0.101. The highest BCUT2D eigenvalue weighted by Crippen LogP contribution is 2.45. The standard InChI is InChI=1S/C34H34N2O5S/c1-5-6-7-14-40-25-11-8-22(9-12-25)30-28(31(37)23-10-13-26-24(18-23)17-21(4)41-26)32(38)33(39)36(30)34-35-29-20(3)15-19(2)16-27(29)42-34/h8-13,15-16,18,21,30,37H,5-7,14,17H2,1-4H3. The number of Topliss-reactive ketones (excluding diaryl/α,β-unsaturated/α-hetero) is 1. The van der Waals surface area contributed by atoms with Crippen LogP contribution in [0, 0.1) is 13.8 Å². The number of aliphatic hydroxyl groups is 1. The van der Waals surface area contributed by atoms with E-state index >= 15 is 0 Å². The number of anilines is 1. The molecule has 2 aliphatic rings. The van der Waals surface area contributed by atoms with Gasteiger partial charge in [-0.25, -0.2) is 4.98 Å². The van der Waals surface area contributed by atoms with E-state index in [9.17, 15) is 14.7 Å². The Kier molecular flexibility index (Phi) is 7.49. The lowest BCUT2D eigenvalue weighted by molar-refractivity contribution is -0.132. The van der Waals surface area contributed by atoms with Crippen molar-refractivity contribution < 1.29 is 24.2 Å². The van der Waals surface area contributed by atoms with Crippen LogP contribution in [0.5, 0.6) is 11.5 Å². The van der Waals surface area contributed by atoms with Gasteiger partial charge in [0.15, 0.2) is 5.13 Å². The van der Waals surface area contributed by atoms with E-state index in [1.54, 1.807) is 6.07 Å². The molecule has 3 aromatic carbocycles. The van der Waals surface area contributed by atoms with Crippen LogP contribution in [0.1, 0.15) is 67.0 Å². The Morgan fingerprint density at radius 1 is 1.10 bits per heavy atom. The summed E-state index contributed by atoms with van der Waals surface area (Å²) in [4.78, 5) is 33.7. The Bertz CT molecular complexity index is 1720. The first-order valence-corrected chi connectivity index (χ1v) is 15.3. The minimum Gasteiger partial charge on any atom is -0.507 e. The van der Waals surface area contributed by atoms with E-state index in [-0.39, 0.29) is 17.4 Å². The zero-order valence-electron chi connectivity index (χ0n) is 24.3. The average molecular weight is 583 g/mol. The van der Waals surface area contributed by atoms with Crippen molar-refractivity contribution in [1.82, 2.24) is 4.98 Å². The summed E-state index contributed by atoms with van der Waals surface area (Å²) < 4.78 is 12.7. The van der Waals surface area contributed by atoms with Gasteiger partial charge in [-0.05, 0) is 85.8 Å². The number of ketones is 1. The summed E-state index contributed by atoms with van der Waals surface area (Å²) >= 11 is 1.37. The first-order chi connectivity index (χ1) is 20.2. The van der Waals surface area contributed by atoms with Crippen LogP contribution in [0.2, 0.25) is 0 Å². The summed E-state index contributed by atoms with van der Waals surface area (Å²) in [5, 5.41) is 12.1. The smallest absolute Gasteiger partial charge is 0.301 e. The van der Waals surface area contributed by atoms with Gasteiger partial charge < -0.3 is 14.6 Å². The molecule has 0 saturated carbocycles. The number of fused-ring (bicyclic) bond motifs is 2. The number of benzene rings is 3. The molecule has 6 rings (SSSR count). The summed E-state index contributed by atoms with van der Waals surface area (Å²) in [6.45, 7) is 8.77. The largest absolute Gasteiger partial charge is 0.507 e. The monoisotopic (exact) mass is 582 g/mol. The molecule has 8 heteroatoms. The summed E-state index contributed by atoms with van der Waals surface area (Å²) in [6, 6.07) is 16.0. The topological polar surface area (TPSA) is 89.0 Å². The Labute approximate surface area is 249 Å². The molecular formula is C34H34N2O5S. The molecule has 0 radical (unpaired) electrons. The van der Waals surface area contributed by atoms with Gasteiger partial charge in [-0.1, -0.05) is 49.3 Å². The van der Waals surface area contributed by atoms with E-state index < -0.39 is 17.7 Å². The van der Waals surface area contributed by atoms with Crippen molar-refractivity contribution in [3.8, 4) is 11.5 Å². The molecule has 42 heavy (non-hydrogen) atoms. The third-order valence-electron chi connectivity index (χ3n) is 7.85. The first kappa shape index (κ1) is 28.0. The van der Waals surface area contributed by atoms with E-state index in [4.69, 9.17) is 14.5 Å². The van der Waals surface area contributed by atoms with E-state index in [2.05, 4.69) is 13.0 Å². The highest BCUT2D eigenvalue weighted by Gasteiger charge is 2.48. The third kappa shape index (κ3) is 5.04. The summed E-state index contributed by atoms with van der Waals surface area (Å²) in [5.74, 6) is -0.185. The van der Waals surface area contributed by atoms with Crippen LogP contribution in [0.4, 0.5) is 5.13 Å². The fourth-order valence-electron chi connectivity index (χ4n) is 5.82. The third-order valence-corrected chi connectivity index (χ3v) is 8.85. The molecule has 3 heterocycles. The molecule has 2 aliphatic heterocycles. The van der Waals surface area contributed by atoms with E-state index in [0.717, 1.165) is 51.9 Å². The molecule has 4 aromatic rings. The number of hydrogen-bond acceptors (Lipinski definition) is 7. The second-order valence-electron chi connectivity index (χ2n) is 11.2. The van der Waals surface area contributed by atoms with Gasteiger partial charge in [0.2, 0.25) is 0 Å². The molecule has 1 aromatic heterocycles. The Balaban J connectivity index is 1.45. The highest BCUT2D eigenvalue weighted by atomic mass is 32.1. The van der Waals surface area contributed by atoms with Crippen LogP contribution in [0.15, 0.2) is 60.2 Å². The molecule has 216 valence electrons. The normalized spacial score (nSPS) is 19.4. The van der Waals surface area contributed by atoms with Crippen molar-refractivity contribution in [3.05, 3.63) is 88.0 Å². The minimum atomic E-state index is -0.857. The number of ether oxygens (including phenoxy) is 2. The lowest BCUT2D eigenvalue weighted by Gasteiger charge is -2.23. The van der Waals surface area contributed by atoms with Crippen LogP contribution in [0.3, 0.4) is 0 Å². The van der Waals surface area contributed by atoms with Gasteiger partial charge in [-0.2, -0.15) is 0 Å². The average Bonchev–Trinajstić information content (AvgIpc) is 3.63. The van der Waals surface area contributed by atoms with E-state index in [0.29, 0.717) is 35.0 Å². The van der Waals surface area contributed by atoms with E-state index in [1.165, 1.54) is 16.2 Å². The zero-order valence-corrected chi connectivity index (χ0v) is 25.1. The van der Waals surface area contributed by atoms with Gasteiger partial charge in [0.25, 0.3) is 5.78 Å². The molecule has 0 spiro atoms. The lowest BCUT2D eigenvalue weighted by atomic mass is 9.94. The molecule has 1 amide bonds. The maximum Gasteiger partial charge on any atom is 0.301 e. The van der Waals surface area contributed by atoms with Crippen molar-refractivity contribution >= 4 is 44.1 Å². The second kappa shape index (κ2) is 11.2. The number of aromatic nitrogens is 1. The summed E-state index contributed by atoms with van der Waals surface area (Å²) in [5.41, 5.74) is 5.04. The zero-order chi connectivity index (χ0) is 29.5. The number of hydrogen-bond donors (Lipinski definition) is 1. The molecule has 1 fully saturated rings. The van der Waals surface area contributed by atoms with Crippen molar-refractivity contribution in [2.45, 2.75) is 65.5 Å². The molecular weight excluding hydrogens is 548 g/mol. The number of unbranched alkanes of at least 4 members (excludes halogenated alkanes) is 2. The number of carbonyl (C=O) groups is 2. The van der Waals surface area contributed by atoms with Gasteiger partial charge in [0.05, 0.1) is 28.4 Å². The lowest BCUT2D eigenvalue weighted by Crippen LogP contribution is -2.29. The number of rotatable bonds is 8. The predicted molar refractivity (Wildman–Crippen MR) is 166 cm³/mol. The van der Waals surface area contributed by atoms with Gasteiger partial charge in [0.1, 0.15) is 23.4 Å². The molecule has 1 N–H and O–H groups in total. The first-order valence-electron chi connectivity index (χ1n) is 14.5. The van der Waals surface area contributed by atoms with Crippen molar-refractivity contribution in [3.63, 3.8) is 0 Å². The summed E-state index contributed by atoms with van der Waals surface area (Å²) in [7, 11) is 0. The molecule has 2 atom stereocenters. The predicted octanol–water partition coefficient (Wildman–Crippen LogP) is 7.43. The molecule has 0 bridgehead atoms. The van der Waals surface area contributed by atoms with Gasteiger partial charge >= 0.3 is 5.91 Å². The number of nitrogens with zero attached hydrogens (tertiary/aromatic N) is 2. The molecule has 2 unspecified atom stereocenters. The van der Waals surface area contributed by atoms with Crippen LogP contribution in [-0.2, 0) is 16.0 Å². The Morgan fingerprint density at radius 3 is 2.64 bits per heavy atom. The minimum absolute atomic E-state index is 0.0377. The maximum atomic E-state index is 13.7. The van der Waals surface area contributed by atoms with Gasteiger partial charge in [0, 0.05) is 12.0 Å². The maximum absolute atomic E-state index is 13.7. The molecule has 0 aliphatic carbocycles. The van der Waals surface area contributed by atoms with Crippen LogP contribution in [-0.4, -0.2) is 34.5 Å². The fraction of sp³-hybridized carbons (Fsp3) is 0.324.